The van der Waals surface area contributed by atoms with Crippen molar-refractivity contribution >= 4 is 12.0 Å². The van der Waals surface area contributed by atoms with Crippen molar-refractivity contribution in [1.29, 1.82) is 5.26 Å². The Morgan fingerprint density at radius 2 is 1.80 bits per heavy atom. The zero-order chi connectivity index (χ0) is 22.3. The number of nitrogens with zero attached hydrogens (tertiary/aromatic N) is 3. The number of amides is 2. The van der Waals surface area contributed by atoms with E-state index in [4.69, 9.17) is 4.74 Å². The first kappa shape index (κ1) is 23.3. The molecule has 1 atom stereocenters. The molecule has 0 saturated carbocycles. The molecule has 0 aromatic heterocycles. The molecule has 1 aliphatic heterocycles. The van der Waals surface area contributed by atoms with Crippen LogP contribution in [0.4, 0.5) is 4.79 Å². The fourth-order valence-electron chi connectivity index (χ4n) is 3.08. The first-order chi connectivity index (χ1) is 14.1. The van der Waals surface area contributed by atoms with Crippen molar-refractivity contribution in [3.05, 3.63) is 47.2 Å². The number of rotatable bonds is 5. The van der Waals surface area contributed by atoms with Gasteiger partial charge in [-0.05, 0) is 45.2 Å². The Labute approximate surface area is 179 Å². The highest BCUT2D eigenvalue weighted by molar-refractivity contribution is 5.97. The van der Waals surface area contributed by atoms with Crippen LogP contribution < -0.4 is 5.32 Å². The van der Waals surface area contributed by atoms with Gasteiger partial charge in [-0.15, -0.1) is 0 Å². The summed E-state index contributed by atoms with van der Waals surface area (Å²) in [6.07, 6.45) is 2.20. The Morgan fingerprint density at radius 3 is 2.30 bits per heavy atom. The van der Waals surface area contributed by atoms with Gasteiger partial charge in [0.2, 0.25) is 0 Å². The summed E-state index contributed by atoms with van der Waals surface area (Å²) < 4.78 is 5.39. The number of hydrogen-bond donors (Lipinski definition) is 1. The lowest BCUT2D eigenvalue weighted by molar-refractivity contribution is -0.117. The van der Waals surface area contributed by atoms with Gasteiger partial charge in [-0.3, -0.25) is 4.79 Å². The van der Waals surface area contributed by atoms with E-state index in [2.05, 4.69) is 12.2 Å². The first-order valence-corrected chi connectivity index (χ1v) is 10.4. The Bertz CT molecular complexity index is 810. The van der Waals surface area contributed by atoms with Crippen molar-refractivity contribution in [2.45, 2.75) is 52.7 Å². The monoisotopic (exact) mass is 412 g/mol. The predicted molar refractivity (Wildman–Crippen MR) is 115 cm³/mol. The maximum Gasteiger partial charge on any atom is 0.410 e. The third-order valence-electron chi connectivity index (χ3n) is 4.88. The molecular weight excluding hydrogens is 380 g/mol. The zero-order valence-electron chi connectivity index (χ0n) is 18.6. The van der Waals surface area contributed by atoms with Gasteiger partial charge in [0.1, 0.15) is 17.2 Å². The minimum Gasteiger partial charge on any atom is -0.444 e. The van der Waals surface area contributed by atoms with Gasteiger partial charge >= 0.3 is 6.09 Å². The average molecular weight is 413 g/mol. The van der Waals surface area contributed by atoms with E-state index in [0.29, 0.717) is 26.2 Å². The summed E-state index contributed by atoms with van der Waals surface area (Å²) >= 11 is 0. The van der Waals surface area contributed by atoms with Crippen LogP contribution in [-0.4, -0.2) is 53.6 Å². The van der Waals surface area contributed by atoms with E-state index >= 15 is 0 Å². The highest BCUT2D eigenvalue weighted by Crippen LogP contribution is 2.15. The SMILES string of the molecule is CCc1ccc(C(C)NC(=O)/C(C#N)=C\N2CCN(C(=O)OC(C)(C)C)CC2)cc1. The van der Waals surface area contributed by atoms with Crippen molar-refractivity contribution in [1.82, 2.24) is 15.1 Å². The molecule has 1 saturated heterocycles. The zero-order valence-corrected chi connectivity index (χ0v) is 18.6. The lowest BCUT2D eigenvalue weighted by atomic mass is 10.0. The number of piperazine rings is 1. The molecule has 0 aliphatic carbocycles. The topological polar surface area (TPSA) is 85.7 Å². The van der Waals surface area contributed by atoms with E-state index in [9.17, 15) is 14.9 Å². The van der Waals surface area contributed by atoms with Crippen LogP contribution in [-0.2, 0) is 16.0 Å². The minimum atomic E-state index is -0.534. The fraction of sp³-hybridized carbons (Fsp3) is 0.522. The quantitative estimate of drug-likeness (QED) is 0.592. The van der Waals surface area contributed by atoms with Crippen LogP contribution in [0.1, 0.15) is 51.8 Å². The lowest BCUT2D eigenvalue weighted by Gasteiger charge is -2.35. The molecule has 1 heterocycles. The molecule has 1 N–H and O–H groups in total. The highest BCUT2D eigenvalue weighted by atomic mass is 16.6. The molecule has 0 radical (unpaired) electrons. The molecule has 1 unspecified atom stereocenters. The minimum absolute atomic E-state index is 0.0535. The lowest BCUT2D eigenvalue weighted by Crippen LogP contribution is -2.48. The van der Waals surface area contributed by atoms with Crippen molar-refractivity contribution in [2.75, 3.05) is 26.2 Å². The van der Waals surface area contributed by atoms with Crippen LogP contribution in [0.3, 0.4) is 0 Å². The summed E-state index contributed by atoms with van der Waals surface area (Å²) in [5.74, 6) is -0.404. The number of benzene rings is 1. The summed E-state index contributed by atoms with van der Waals surface area (Å²) in [6.45, 7) is 11.5. The molecule has 1 aromatic rings. The summed E-state index contributed by atoms with van der Waals surface area (Å²) in [5, 5.41) is 12.3. The van der Waals surface area contributed by atoms with E-state index in [0.717, 1.165) is 12.0 Å². The normalized spacial score (nSPS) is 15.9. The average Bonchev–Trinajstić information content (AvgIpc) is 2.71. The summed E-state index contributed by atoms with van der Waals surface area (Å²) in [4.78, 5) is 28.3. The molecule has 1 aromatic carbocycles. The third-order valence-corrected chi connectivity index (χ3v) is 4.88. The maximum atomic E-state index is 12.6. The van der Waals surface area contributed by atoms with Gasteiger partial charge in [-0.1, -0.05) is 31.2 Å². The number of carbonyl (C=O) groups is 2. The molecule has 7 heteroatoms. The number of hydrogen-bond acceptors (Lipinski definition) is 5. The van der Waals surface area contributed by atoms with Crippen molar-refractivity contribution in [3.8, 4) is 6.07 Å². The van der Waals surface area contributed by atoms with Gasteiger partial charge in [0, 0.05) is 32.4 Å². The Hall–Kier alpha value is -3.01. The van der Waals surface area contributed by atoms with Gasteiger partial charge < -0.3 is 19.9 Å². The summed E-state index contributed by atoms with van der Waals surface area (Å²) in [5.41, 5.74) is 1.75. The van der Waals surface area contributed by atoms with Gasteiger partial charge in [0.05, 0.1) is 6.04 Å². The fourth-order valence-corrected chi connectivity index (χ4v) is 3.08. The molecule has 2 rings (SSSR count). The molecule has 2 amide bonds. The smallest absolute Gasteiger partial charge is 0.410 e. The Kier molecular flexibility index (Phi) is 7.87. The standard InChI is InChI=1S/C23H32N4O3/c1-6-18-7-9-19(10-8-18)17(2)25-21(28)20(15-24)16-26-11-13-27(14-12-26)22(29)30-23(3,4)5/h7-10,16-17H,6,11-14H2,1-5H3,(H,25,28)/b20-16-. The predicted octanol–water partition coefficient (Wildman–Crippen LogP) is 3.39. The number of nitriles is 1. The molecule has 30 heavy (non-hydrogen) atoms. The second-order valence-electron chi connectivity index (χ2n) is 8.45. The Morgan fingerprint density at radius 1 is 1.20 bits per heavy atom. The van der Waals surface area contributed by atoms with Crippen LogP contribution in [0.25, 0.3) is 0 Å². The van der Waals surface area contributed by atoms with Crippen LogP contribution in [0.5, 0.6) is 0 Å². The molecule has 1 fully saturated rings. The molecule has 7 nitrogen and oxygen atoms in total. The van der Waals surface area contributed by atoms with Crippen molar-refractivity contribution < 1.29 is 14.3 Å². The van der Waals surface area contributed by atoms with Crippen LogP contribution in [0.15, 0.2) is 36.0 Å². The maximum absolute atomic E-state index is 12.6. The van der Waals surface area contributed by atoms with E-state index in [1.807, 2.05) is 62.9 Å². The number of ether oxygens (including phenoxy) is 1. The van der Waals surface area contributed by atoms with Crippen molar-refractivity contribution in [2.24, 2.45) is 0 Å². The second kappa shape index (κ2) is 10.1. The van der Waals surface area contributed by atoms with Gasteiger partial charge in [0.25, 0.3) is 5.91 Å². The van der Waals surface area contributed by atoms with Crippen molar-refractivity contribution in [3.63, 3.8) is 0 Å². The molecule has 0 bridgehead atoms. The molecular formula is C23H32N4O3. The Balaban J connectivity index is 1.93. The van der Waals surface area contributed by atoms with Gasteiger partial charge in [0.15, 0.2) is 0 Å². The molecule has 1 aliphatic rings. The second-order valence-corrected chi connectivity index (χ2v) is 8.45. The van der Waals surface area contributed by atoms with Crippen LogP contribution in [0, 0.1) is 11.3 Å². The van der Waals surface area contributed by atoms with E-state index in [-0.39, 0.29) is 17.7 Å². The van der Waals surface area contributed by atoms with Gasteiger partial charge in [-0.25, -0.2) is 4.79 Å². The summed E-state index contributed by atoms with van der Waals surface area (Å²) in [7, 11) is 0. The largest absolute Gasteiger partial charge is 0.444 e. The van der Waals surface area contributed by atoms with Gasteiger partial charge in [-0.2, -0.15) is 5.26 Å². The van der Waals surface area contributed by atoms with E-state index in [1.54, 1.807) is 11.1 Å². The number of aryl methyl sites for hydroxylation is 1. The summed E-state index contributed by atoms with van der Waals surface area (Å²) in [6, 6.07) is 9.87. The van der Waals surface area contributed by atoms with E-state index in [1.165, 1.54) is 5.56 Å². The first-order valence-electron chi connectivity index (χ1n) is 10.4. The van der Waals surface area contributed by atoms with Crippen LogP contribution in [0.2, 0.25) is 0 Å². The molecule has 162 valence electrons. The van der Waals surface area contributed by atoms with E-state index < -0.39 is 11.5 Å². The highest BCUT2D eigenvalue weighted by Gasteiger charge is 2.25. The number of nitrogens with one attached hydrogen (secondary N) is 1. The molecule has 0 spiro atoms. The number of carbonyl (C=O) groups excluding carboxylic acids is 2. The third kappa shape index (κ3) is 6.80. The van der Waals surface area contributed by atoms with Crippen LogP contribution >= 0.6 is 0 Å².